The second kappa shape index (κ2) is 3.75. The van der Waals surface area contributed by atoms with Crippen LogP contribution in [0.5, 0.6) is 0 Å². The van der Waals surface area contributed by atoms with Crippen molar-refractivity contribution >= 4 is 10.9 Å². The predicted molar refractivity (Wildman–Crippen MR) is 52.7 cm³/mol. The maximum Gasteiger partial charge on any atom is 0.418 e. The van der Waals surface area contributed by atoms with Crippen LogP contribution in [-0.2, 0) is 12.8 Å². The molecule has 2 aromatic rings. The Kier molecular flexibility index (Phi) is 2.55. The molecule has 2 nitrogen and oxygen atoms in total. The van der Waals surface area contributed by atoms with Crippen molar-refractivity contribution in [2.45, 2.75) is 12.8 Å². The monoisotopic (exact) mass is 227 g/mol. The van der Waals surface area contributed by atoms with Crippen molar-refractivity contribution in [1.82, 2.24) is 4.98 Å². The van der Waals surface area contributed by atoms with Crippen LogP contribution in [0.15, 0.2) is 30.3 Å². The number of halogens is 3. The SMILES string of the molecule is OCc1ccc2cccc(C(F)(F)F)c2n1. The van der Waals surface area contributed by atoms with Crippen molar-refractivity contribution in [3.05, 3.63) is 41.6 Å². The Morgan fingerprint density at radius 2 is 1.88 bits per heavy atom. The molecule has 0 radical (unpaired) electrons. The first-order valence-corrected chi connectivity index (χ1v) is 4.59. The minimum atomic E-state index is -4.43. The van der Waals surface area contributed by atoms with Gasteiger partial charge in [-0.1, -0.05) is 18.2 Å². The maximum atomic E-state index is 12.7. The molecule has 84 valence electrons. The molecule has 0 aliphatic heterocycles. The summed E-state index contributed by atoms with van der Waals surface area (Å²) < 4.78 is 38.0. The smallest absolute Gasteiger partial charge is 0.390 e. The van der Waals surface area contributed by atoms with Crippen LogP contribution in [-0.4, -0.2) is 10.1 Å². The third-order valence-electron chi connectivity index (χ3n) is 2.25. The number of rotatable bonds is 1. The highest BCUT2D eigenvalue weighted by Crippen LogP contribution is 2.33. The van der Waals surface area contributed by atoms with Crippen molar-refractivity contribution in [2.24, 2.45) is 0 Å². The lowest BCUT2D eigenvalue weighted by atomic mass is 10.1. The largest absolute Gasteiger partial charge is 0.418 e. The second-order valence-corrected chi connectivity index (χ2v) is 3.34. The molecule has 1 aromatic heterocycles. The van der Waals surface area contributed by atoms with Gasteiger partial charge in [-0.3, -0.25) is 0 Å². The van der Waals surface area contributed by atoms with Crippen LogP contribution in [0.2, 0.25) is 0 Å². The first-order chi connectivity index (χ1) is 7.52. The molecule has 0 aliphatic carbocycles. The number of aromatic nitrogens is 1. The van der Waals surface area contributed by atoms with E-state index in [4.69, 9.17) is 5.11 Å². The summed E-state index contributed by atoms with van der Waals surface area (Å²) >= 11 is 0. The van der Waals surface area contributed by atoms with E-state index in [-0.39, 0.29) is 17.8 Å². The van der Waals surface area contributed by atoms with Gasteiger partial charge in [0.05, 0.1) is 23.4 Å². The third kappa shape index (κ3) is 1.86. The number of pyridine rings is 1. The van der Waals surface area contributed by atoms with Crippen LogP contribution in [0.4, 0.5) is 13.2 Å². The van der Waals surface area contributed by atoms with Crippen LogP contribution >= 0.6 is 0 Å². The van der Waals surface area contributed by atoms with Gasteiger partial charge in [0.25, 0.3) is 0 Å². The summed E-state index contributed by atoms with van der Waals surface area (Å²) in [5, 5.41) is 9.26. The Morgan fingerprint density at radius 1 is 1.12 bits per heavy atom. The van der Waals surface area contributed by atoms with Gasteiger partial charge in [0.1, 0.15) is 0 Å². The van der Waals surface area contributed by atoms with E-state index < -0.39 is 11.7 Å². The van der Waals surface area contributed by atoms with Gasteiger partial charge in [-0.2, -0.15) is 13.2 Å². The van der Waals surface area contributed by atoms with Gasteiger partial charge in [0.15, 0.2) is 0 Å². The normalized spacial score (nSPS) is 12.0. The zero-order valence-corrected chi connectivity index (χ0v) is 8.12. The summed E-state index contributed by atoms with van der Waals surface area (Å²) in [6.45, 7) is -0.373. The van der Waals surface area contributed by atoms with Crippen LogP contribution < -0.4 is 0 Å². The summed E-state index contributed by atoms with van der Waals surface area (Å²) in [5.41, 5.74) is -0.675. The number of nitrogens with zero attached hydrogens (tertiary/aromatic N) is 1. The number of para-hydroxylation sites is 1. The Labute approximate surface area is 89.4 Å². The van der Waals surface area contributed by atoms with E-state index in [1.807, 2.05) is 0 Å². The zero-order valence-electron chi connectivity index (χ0n) is 8.12. The highest BCUT2D eigenvalue weighted by molar-refractivity contribution is 5.82. The van der Waals surface area contributed by atoms with Crippen molar-refractivity contribution in [1.29, 1.82) is 0 Å². The first-order valence-electron chi connectivity index (χ1n) is 4.59. The van der Waals surface area contributed by atoms with E-state index in [9.17, 15) is 13.2 Å². The molecule has 2 rings (SSSR count). The summed E-state index contributed by atoms with van der Waals surface area (Å²) in [5.74, 6) is 0. The number of hydrogen-bond donors (Lipinski definition) is 1. The number of aliphatic hydroxyl groups excluding tert-OH is 1. The number of benzene rings is 1. The lowest BCUT2D eigenvalue weighted by molar-refractivity contribution is -0.136. The topological polar surface area (TPSA) is 33.1 Å². The molecule has 0 saturated heterocycles. The molecule has 0 aliphatic rings. The maximum absolute atomic E-state index is 12.7. The molecule has 1 heterocycles. The average molecular weight is 227 g/mol. The number of aliphatic hydroxyl groups is 1. The summed E-state index contributed by atoms with van der Waals surface area (Å²) in [4.78, 5) is 3.79. The van der Waals surface area contributed by atoms with E-state index in [0.717, 1.165) is 6.07 Å². The van der Waals surface area contributed by atoms with Crippen LogP contribution in [0, 0.1) is 0 Å². The van der Waals surface area contributed by atoms with Gasteiger partial charge in [-0.15, -0.1) is 0 Å². The van der Waals surface area contributed by atoms with Crippen molar-refractivity contribution < 1.29 is 18.3 Å². The Balaban J connectivity index is 2.74. The summed E-state index contributed by atoms with van der Waals surface area (Å²) in [6, 6.07) is 6.90. The Hall–Kier alpha value is -1.62. The van der Waals surface area contributed by atoms with Crippen molar-refractivity contribution in [2.75, 3.05) is 0 Å². The number of fused-ring (bicyclic) bond motifs is 1. The lowest BCUT2D eigenvalue weighted by Crippen LogP contribution is -2.07. The lowest BCUT2D eigenvalue weighted by Gasteiger charge is -2.09. The molecular weight excluding hydrogens is 219 g/mol. The standard InChI is InChI=1S/C11H8F3NO/c12-11(13,14)9-3-1-2-7-4-5-8(6-16)15-10(7)9/h1-5,16H,6H2. The molecule has 5 heteroatoms. The molecule has 0 saturated carbocycles. The molecule has 0 atom stereocenters. The van der Waals surface area contributed by atoms with Gasteiger partial charge in [-0.05, 0) is 12.1 Å². The number of alkyl halides is 3. The fourth-order valence-electron chi connectivity index (χ4n) is 1.50. The average Bonchev–Trinajstić information content (AvgIpc) is 2.26. The van der Waals surface area contributed by atoms with Crippen LogP contribution in [0.25, 0.3) is 10.9 Å². The minimum Gasteiger partial charge on any atom is -0.390 e. The quantitative estimate of drug-likeness (QED) is 0.812. The molecule has 16 heavy (non-hydrogen) atoms. The van der Waals surface area contributed by atoms with E-state index in [1.165, 1.54) is 18.2 Å². The van der Waals surface area contributed by atoms with Crippen LogP contribution in [0.3, 0.4) is 0 Å². The van der Waals surface area contributed by atoms with E-state index >= 15 is 0 Å². The highest BCUT2D eigenvalue weighted by atomic mass is 19.4. The predicted octanol–water partition coefficient (Wildman–Crippen LogP) is 2.75. The first kappa shape index (κ1) is 10.9. The molecule has 0 bridgehead atoms. The van der Waals surface area contributed by atoms with E-state index in [1.54, 1.807) is 6.07 Å². The Bertz CT molecular complexity index is 522. The van der Waals surface area contributed by atoms with E-state index in [2.05, 4.69) is 4.98 Å². The highest BCUT2D eigenvalue weighted by Gasteiger charge is 2.33. The van der Waals surface area contributed by atoms with Crippen molar-refractivity contribution in [3.8, 4) is 0 Å². The fraction of sp³-hybridized carbons (Fsp3) is 0.182. The fourth-order valence-corrected chi connectivity index (χ4v) is 1.50. The van der Waals surface area contributed by atoms with Crippen molar-refractivity contribution in [3.63, 3.8) is 0 Å². The molecule has 0 fully saturated rings. The van der Waals surface area contributed by atoms with E-state index in [0.29, 0.717) is 5.39 Å². The minimum absolute atomic E-state index is 0.124. The van der Waals surface area contributed by atoms with Gasteiger partial charge >= 0.3 is 6.18 Å². The second-order valence-electron chi connectivity index (χ2n) is 3.34. The molecule has 1 N–H and O–H groups in total. The summed E-state index contributed by atoms with van der Waals surface area (Å²) in [6.07, 6.45) is -4.43. The molecule has 0 unspecified atom stereocenters. The Morgan fingerprint density at radius 3 is 2.50 bits per heavy atom. The molecule has 0 amide bonds. The molecular formula is C11H8F3NO. The van der Waals surface area contributed by atoms with Crippen LogP contribution in [0.1, 0.15) is 11.3 Å². The number of hydrogen-bond acceptors (Lipinski definition) is 2. The summed E-state index contributed by atoms with van der Waals surface area (Å²) in [7, 11) is 0. The van der Waals surface area contributed by atoms with Gasteiger partial charge in [-0.25, -0.2) is 4.98 Å². The van der Waals surface area contributed by atoms with Gasteiger partial charge in [0, 0.05) is 5.39 Å². The third-order valence-corrected chi connectivity index (χ3v) is 2.25. The molecule has 1 aromatic carbocycles. The molecule has 0 spiro atoms. The van der Waals surface area contributed by atoms with Gasteiger partial charge in [0.2, 0.25) is 0 Å². The van der Waals surface area contributed by atoms with Gasteiger partial charge < -0.3 is 5.11 Å². The zero-order chi connectivity index (χ0) is 11.8.